The summed E-state index contributed by atoms with van der Waals surface area (Å²) in [6.45, 7) is 1.75. The number of fused-ring (bicyclic) bond motifs is 1. The lowest BCUT2D eigenvalue weighted by Gasteiger charge is -2.26. The minimum atomic E-state index is -0.345. The topological polar surface area (TPSA) is 100 Å². The van der Waals surface area contributed by atoms with Crippen LogP contribution in [-0.4, -0.2) is 44.9 Å². The zero-order valence-electron chi connectivity index (χ0n) is 16.4. The number of carbonyl (C=O) groups excluding carboxylic acids is 2. The molecule has 1 aliphatic rings. The molecule has 8 nitrogen and oxygen atoms in total. The highest BCUT2D eigenvalue weighted by atomic mass is 32.1. The second-order valence-corrected chi connectivity index (χ2v) is 8.01. The highest BCUT2D eigenvalue weighted by molar-refractivity contribution is 7.15. The predicted octanol–water partition coefficient (Wildman–Crippen LogP) is 2.89. The fourth-order valence-corrected chi connectivity index (χ4v) is 4.26. The summed E-state index contributed by atoms with van der Waals surface area (Å²) in [4.78, 5) is 39.9. The average Bonchev–Trinajstić information content (AvgIpc) is 3.19. The first kappa shape index (κ1) is 20.0. The molecule has 4 rings (SSSR count). The third kappa shape index (κ3) is 4.98. The van der Waals surface area contributed by atoms with Gasteiger partial charge in [-0.2, -0.15) is 0 Å². The van der Waals surface area contributed by atoms with E-state index < -0.39 is 0 Å². The molecule has 0 saturated heterocycles. The van der Waals surface area contributed by atoms with Crippen molar-refractivity contribution in [2.24, 2.45) is 0 Å². The van der Waals surface area contributed by atoms with Crippen LogP contribution in [-0.2, 0) is 19.4 Å². The van der Waals surface area contributed by atoms with Crippen LogP contribution in [0.3, 0.4) is 0 Å². The molecule has 0 atom stereocenters. The summed E-state index contributed by atoms with van der Waals surface area (Å²) in [5, 5.41) is 6.28. The van der Waals surface area contributed by atoms with Gasteiger partial charge in [0.2, 0.25) is 0 Å². The molecule has 2 N–H and O–H groups in total. The molecule has 0 bridgehead atoms. The minimum Gasteiger partial charge on any atom is -0.338 e. The number of hydrogen-bond donors (Lipinski definition) is 2. The molecule has 0 radical (unpaired) electrons. The Kier molecular flexibility index (Phi) is 6.29. The molecule has 3 heterocycles. The number of anilines is 1. The molecule has 3 aromatic rings. The maximum Gasteiger partial charge on any atom is 0.317 e. The summed E-state index contributed by atoms with van der Waals surface area (Å²) in [5.74, 6) is -0.345. The SMILES string of the molecule is O=C(Nc1nc2c(s1)CN(C(=O)NCCCc1ccccc1)CC2)c1cnccn1. The first-order chi connectivity index (χ1) is 14.7. The maximum atomic E-state index is 12.5. The van der Waals surface area contributed by atoms with E-state index in [1.165, 1.54) is 35.5 Å². The Balaban J connectivity index is 1.27. The van der Waals surface area contributed by atoms with Crippen molar-refractivity contribution in [1.82, 2.24) is 25.2 Å². The van der Waals surface area contributed by atoms with Crippen LogP contribution in [0.15, 0.2) is 48.9 Å². The van der Waals surface area contributed by atoms with Crippen molar-refractivity contribution in [1.29, 1.82) is 0 Å². The molecule has 0 aliphatic carbocycles. The lowest BCUT2D eigenvalue weighted by molar-refractivity contribution is 0.102. The number of nitrogens with zero attached hydrogens (tertiary/aromatic N) is 4. The van der Waals surface area contributed by atoms with Gasteiger partial charge in [-0.25, -0.2) is 14.8 Å². The van der Waals surface area contributed by atoms with Gasteiger partial charge >= 0.3 is 6.03 Å². The van der Waals surface area contributed by atoms with Gasteiger partial charge in [0.05, 0.1) is 18.4 Å². The molecule has 2 aromatic heterocycles. The number of amides is 3. The molecule has 154 valence electrons. The number of benzene rings is 1. The molecule has 0 spiro atoms. The van der Waals surface area contributed by atoms with E-state index in [1.54, 1.807) is 4.90 Å². The molecule has 30 heavy (non-hydrogen) atoms. The quantitative estimate of drug-likeness (QED) is 0.595. The number of nitrogens with one attached hydrogen (secondary N) is 2. The Labute approximate surface area is 178 Å². The van der Waals surface area contributed by atoms with Gasteiger partial charge in [-0.3, -0.25) is 15.1 Å². The molecule has 0 saturated carbocycles. The van der Waals surface area contributed by atoms with Crippen LogP contribution in [0.4, 0.5) is 9.93 Å². The van der Waals surface area contributed by atoms with Crippen molar-refractivity contribution in [2.75, 3.05) is 18.4 Å². The van der Waals surface area contributed by atoms with Crippen LogP contribution in [0.2, 0.25) is 0 Å². The fourth-order valence-electron chi connectivity index (χ4n) is 3.24. The summed E-state index contributed by atoms with van der Waals surface area (Å²) in [6, 6.07) is 10.2. The smallest absolute Gasteiger partial charge is 0.317 e. The van der Waals surface area contributed by atoms with Crippen molar-refractivity contribution in [2.45, 2.75) is 25.8 Å². The largest absolute Gasteiger partial charge is 0.338 e. The van der Waals surface area contributed by atoms with Crippen LogP contribution in [0.25, 0.3) is 0 Å². The van der Waals surface area contributed by atoms with E-state index in [4.69, 9.17) is 0 Å². The number of urea groups is 1. The van der Waals surface area contributed by atoms with Crippen molar-refractivity contribution < 1.29 is 9.59 Å². The number of aromatic nitrogens is 3. The second-order valence-electron chi connectivity index (χ2n) is 6.93. The molecule has 1 aliphatic heterocycles. The Morgan fingerprint density at radius 2 is 2.03 bits per heavy atom. The summed E-state index contributed by atoms with van der Waals surface area (Å²) in [7, 11) is 0. The first-order valence-corrected chi connectivity index (χ1v) is 10.6. The number of rotatable bonds is 6. The highest BCUT2D eigenvalue weighted by Gasteiger charge is 2.24. The zero-order chi connectivity index (χ0) is 20.8. The Morgan fingerprint density at radius 3 is 2.83 bits per heavy atom. The van der Waals surface area contributed by atoms with E-state index in [9.17, 15) is 9.59 Å². The maximum absolute atomic E-state index is 12.5. The van der Waals surface area contributed by atoms with E-state index in [0.717, 1.165) is 23.4 Å². The van der Waals surface area contributed by atoms with E-state index in [2.05, 4.69) is 37.7 Å². The molecule has 0 fully saturated rings. The molecule has 3 amide bonds. The average molecular weight is 423 g/mol. The number of hydrogen-bond acceptors (Lipinski definition) is 6. The normalized spacial score (nSPS) is 12.9. The van der Waals surface area contributed by atoms with Crippen molar-refractivity contribution in [3.63, 3.8) is 0 Å². The third-order valence-electron chi connectivity index (χ3n) is 4.80. The summed E-state index contributed by atoms with van der Waals surface area (Å²) < 4.78 is 0. The van der Waals surface area contributed by atoms with E-state index in [1.807, 2.05) is 18.2 Å². The van der Waals surface area contributed by atoms with Gasteiger partial charge in [0, 0.05) is 36.8 Å². The van der Waals surface area contributed by atoms with E-state index in [0.29, 0.717) is 31.2 Å². The first-order valence-electron chi connectivity index (χ1n) is 9.81. The van der Waals surface area contributed by atoms with Gasteiger partial charge in [0.1, 0.15) is 5.69 Å². The number of thiazole rings is 1. The van der Waals surface area contributed by atoms with Crippen molar-refractivity contribution in [3.8, 4) is 0 Å². The Hall–Kier alpha value is -3.33. The number of aryl methyl sites for hydroxylation is 1. The van der Waals surface area contributed by atoms with Crippen LogP contribution in [0.5, 0.6) is 0 Å². The molecular formula is C21H22N6O2S. The lowest BCUT2D eigenvalue weighted by atomic mass is 10.1. The van der Waals surface area contributed by atoms with Crippen LogP contribution >= 0.6 is 11.3 Å². The number of carbonyl (C=O) groups is 2. The van der Waals surface area contributed by atoms with E-state index in [-0.39, 0.29) is 17.6 Å². The molecular weight excluding hydrogens is 400 g/mol. The highest BCUT2D eigenvalue weighted by Crippen LogP contribution is 2.28. The van der Waals surface area contributed by atoms with Gasteiger partial charge in [-0.05, 0) is 18.4 Å². The van der Waals surface area contributed by atoms with Crippen molar-refractivity contribution in [3.05, 3.63) is 70.8 Å². The molecule has 9 heteroatoms. The summed E-state index contributed by atoms with van der Waals surface area (Å²) in [5.41, 5.74) is 2.44. The Bertz CT molecular complexity index is 1010. The zero-order valence-corrected chi connectivity index (χ0v) is 17.2. The summed E-state index contributed by atoms with van der Waals surface area (Å²) >= 11 is 1.39. The Morgan fingerprint density at radius 1 is 1.17 bits per heavy atom. The van der Waals surface area contributed by atoms with E-state index >= 15 is 0 Å². The summed E-state index contributed by atoms with van der Waals surface area (Å²) in [6.07, 6.45) is 6.90. The van der Waals surface area contributed by atoms with Crippen LogP contribution in [0.1, 0.15) is 33.0 Å². The van der Waals surface area contributed by atoms with Crippen LogP contribution < -0.4 is 10.6 Å². The van der Waals surface area contributed by atoms with Gasteiger partial charge in [-0.15, -0.1) is 0 Å². The fraction of sp³-hybridized carbons (Fsp3) is 0.286. The lowest BCUT2D eigenvalue weighted by Crippen LogP contribution is -2.42. The monoisotopic (exact) mass is 422 g/mol. The predicted molar refractivity (Wildman–Crippen MR) is 114 cm³/mol. The van der Waals surface area contributed by atoms with Crippen LogP contribution in [0, 0.1) is 0 Å². The van der Waals surface area contributed by atoms with Gasteiger partial charge < -0.3 is 10.2 Å². The second kappa shape index (κ2) is 9.45. The van der Waals surface area contributed by atoms with Gasteiger partial charge in [0.25, 0.3) is 5.91 Å². The standard InChI is InChI=1S/C21H22N6O2S/c28-19(17-13-22-10-11-23-17)26-20-25-16-8-12-27(14-18(16)30-20)21(29)24-9-4-7-15-5-2-1-3-6-15/h1-3,5-6,10-11,13H,4,7-9,12,14H2,(H,24,29)(H,25,26,28). The third-order valence-corrected chi connectivity index (χ3v) is 5.79. The minimum absolute atomic E-state index is 0.0627. The molecule has 1 aromatic carbocycles. The van der Waals surface area contributed by atoms with Gasteiger partial charge in [0.15, 0.2) is 5.13 Å². The molecule has 0 unspecified atom stereocenters. The van der Waals surface area contributed by atoms with Gasteiger partial charge in [-0.1, -0.05) is 41.7 Å². The van der Waals surface area contributed by atoms with Crippen molar-refractivity contribution >= 4 is 28.4 Å².